The fourth-order valence-corrected chi connectivity index (χ4v) is 6.79. The minimum atomic E-state index is -4.84. The monoisotopic (exact) mass is 578 g/mol. The van der Waals surface area contributed by atoms with Crippen LogP contribution in [0.3, 0.4) is 0 Å². The van der Waals surface area contributed by atoms with E-state index >= 15 is 0 Å². The Labute approximate surface area is 222 Å². The van der Waals surface area contributed by atoms with Crippen LogP contribution in [0.2, 0.25) is 0 Å². The molecule has 0 saturated carbocycles. The van der Waals surface area contributed by atoms with E-state index in [1.165, 1.54) is 11.8 Å². The van der Waals surface area contributed by atoms with E-state index in [-0.39, 0.29) is 43.2 Å². The average Bonchev–Trinajstić information content (AvgIpc) is 3.47. The normalized spacial score (nSPS) is 26.5. The first-order chi connectivity index (χ1) is 17.9. The molecule has 17 heteroatoms. The van der Waals surface area contributed by atoms with Gasteiger partial charge in [0.15, 0.2) is 5.25 Å². The number of hydroxylamine groups is 3. The molecule has 1 unspecified atom stereocenters. The van der Waals surface area contributed by atoms with Crippen molar-refractivity contribution >= 4 is 57.6 Å². The SMILES string of the molecule is CCCCCC(=O)ONC(=O)[C@@]1(CCCCC(=O)ON2C(=O)CC(S(=O)(=O)O)C2=O)SC[C@@H]2NC(=O)N[C@@H]21. The van der Waals surface area contributed by atoms with Crippen molar-refractivity contribution in [2.45, 2.75) is 86.8 Å². The number of imide groups is 1. The fourth-order valence-electron chi connectivity index (χ4n) is 4.47. The average molecular weight is 579 g/mol. The number of nitrogens with zero attached hydrogens (tertiary/aromatic N) is 1. The first-order valence-electron chi connectivity index (χ1n) is 12.1. The molecule has 0 aromatic rings. The molecule has 0 radical (unpaired) electrons. The molecule has 0 spiro atoms. The molecule has 0 bridgehead atoms. The maximum atomic E-state index is 13.2. The van der Waals surface area contributed by atoms with Gasteiger partial charge in [-0.3, -0.25) is 18.9 Å². The van der Waals surface area contributed by atoms with E-state index in [2.05, 4.69) is 16.1 Å². The van der Waals surface area contributed by atoms with E-state index < -0.39 is 68.3 Å². The van der Waals surface area contributed by atoms with Crippen molar-refractivity contribution in [1.29, 1.82) is 0 Å². The van der Waals surface area contributed by atoms with E-state index in [0.717, 1.165) is 12.8 Å². The Morgan fingerprint density at radius 1 is 1.11 bits per heavy atom. The van der Waals surface area contributed by atoms with Gasteiger partial charge in [-0.25, -0.2) is 14.4 Å². The zero-order valence-corrected chi connectivity index (χ0v) is 22.2. The number of carbonyl (C=O) groups excluding carboxylic acids is 6. The minimum absolute atomic E-state index is 0.0295. The zero-order valence-electron chi connectivity index (χ0n) is 20.6. The van der Waals surface area contributed by atoms with Gasteiger partial charge in [-0.1, -0.05) is 26.2 Å². The lowest BCUT2D eigenvalue weighted by Crippen LogP contribution is -2.56. The number of hydrogen-bond donors (Lipinski definition) is 4. The van der Waals surface area contributed by atoms with Gasteiger partial charge < -0.3 is 20.3 Å². The number of hydrogen-bond acceptors (Lipinski definition) is 11. The van der Waals surface area contributed by atoms with Gasteiger partial charge in [-0.2, -0.15) is 13.9 Å². The minimum Gasteiger partial charge on any atom is -0.341 e. The molecule has 3 heterocycles. The Hall–Kier alpha value is -2.92. The van der Waals surface area contributed by atoms with Gasteiger partial charge in [-0.15, -0.1) is 16.8 Å². The van der Waals surface area contributed by atoms with Crippen molar-refractivity contribution in [3.63, 3.8) is 0 Å². The van der Waals surface area contributed by atoms with Crippen LogP contribution in [-0.4, -0.2) is 81.6 Å². The Kier molecular flexibility index (Phi) is 9.59. The van der Waals surface area contributed by atoms with Crippen molar-refractivity contribution < 1.29 is 51.4 Å². The van der Waals surface area contributed by atoms with Gasteiger partial charge in [0.1, 0.15) is 4.75 Å². The predicted octanol–water partition coefficient (Wildman–Crippen LogP) is -0.289. The van der Waals surface area contributed by atoms with E-state index in [0.29, 0.717) is 12.2 Å². The lowest BCUT2D eigenvalue weighted by molar-refractivity contribution is -0.197. The van der Waals surface area contributed by atoms with Crippen LogP contribution in [-0.2, 0) is 43.8 Å². The third-order valence-corrected chi connectivity index (χ3v) is 9.22. The third-order valence-electron chi connectivity index (χ3n) is 6.45. The molecule has 0 aliphatic carbocycles. The van der Waals surface area contributed by atoms with Crippen molar-refractivity contribution in [3.05, 3.63) is 0 Å². The van der Waals surface area contributed by atoms with Crippen LogP contribution < -0.4 is 16.1 Å². The summed E-state index contributed by atoms with van der Waals surface area (Å²) in [5, 5.41) is 3.47. The maximum absolute atomic E-state index is 13.2. The number of amides is 5. The van der Waals surface area contributed by atoms with Crippen LogP contribution in [0.15, 0.2) is 0 Å². The lowest BCUT2D eigenvalue weighted by Gasteiger charge is -2.31. The summed E-state index contributed by atoms with van der Waals surface area (Å²) in [6, 6.07) is -1.35. The van der Waals surface area contributed by atoms with Gasteiger partial charge in [0.05, 0.1) is 18.5 Å². The molecule has 3 fully saturated rings. The van der Waals surface area contributed by atoms with Gasteiger partial charge in [0.2, 0.25) is 0 Å². The number of rotatable bonds is 12. The third kappa shape index (κ3) is 6.74. The number of nitrogens with one attached hydrogen (secondary N) is 3. The number of urea groups is 1. The summed E-state index contributed by atoms with van der Waals surface area (Å²) in [4.78, 5) is 82.7. The second kappa shape index (κ2) is 12.3. The molecule has 3 aliphatic rings. The van der Waals surface area contributed by atoms with Crippen LogP contribution in [0, 0.1) is 0 Å². The van der Waals surface area contributed by atoms with Gasteiger partial charge >= 0.3 is 18.0 Å². The Balaban J connectivity index is 1.54. The van der Waals surface area contributed by atoms with Gasteiger partial charge in [-0.05, 0) is 19.3 Å². The Morgan fingerprint density at radius 3 is 2.45 bits per heavy atom. The van der Waals surface area contributed by atoms with E-state index in [1.54, 1.807) is 0 Å². The van der Waals surface area contributed by atoms with Crippen molar-refractivity contribution in [3.8, 4) is 0 Å². The highest BCUT2D eigenvalue weighted by atomic mass is 32.2. The van der Waals surface area contributed by atoms with Gasteiger partial charge in [0.25, 0.3) is 27.8 Å². The first kappa shape index (κ1) is 29.6. The zero-order chi connectivity index (χ0) is 28.1. The number of carbonyl (C=O) groups is 6. The number of unbranched alkanes of at least 4 members (excludes halogenated alkanes) is 3. The van der Waals surface area contributed by atoms with Crippen LogP contribution in [0.1, 0.15) is 64.7 Å². The van der Waals surface area contributed by atoms with Crippen LogP contribution in [0.4, 0.5) is 4.79 Å². The number of fused-ring (bicyclic) bond motifs is 1. The molecule has 0 aromatic heterocycles. The van der Waals surface area contributed by atoms with E-state index in [4.69, 9.17) is 14.2 Å². The highest BCUT2D eigenvalue weighted by molar-refractivity contribution is 8.01. The summed E-state index contributed by atoms with van der Waals surface area (Å²) in [7, 11) is -4.84. The summed E-state index contributed by atoms with van der Waals surface area (Å²) in [5.74, 6) is -4.19. The van der Waals surface area contributed by atoms with Crippen molar-refractivity contribution in [1.82, 2.24) is 21.2 Å². The lowest BCUT2D eigenvalue weighted by atomic mass is 9.89. The maximum Gasteiger partial charge on any atom is 0.333 e. The summed E-state index contributed by atoms with van der Waals surface area (Å²) >= 11 is 1.28. The highest BCUT2D eigenvalue weighted by Crippen LogP contribution is 2.44. The fraction of sp³-hybridized carbons (Fsp3) is 0.714. The smallest absolute Gasteiger partial charge is 0.333 e. The molecule has 4 atom stereocenters. The summed E-state index contributed by atoms with van der Waals surface area (Å²) in [6.07, 6.45) is 2.01. The largest absolute Gasteiger partial charge is 0.341 e. The molecule has 38 heavy (non-hydrogen) atoms. The van der Waals surface area contributed by atoms with E-state index in [1.807, 2.05) is 6.92 Å². The molecule has 15 nitrogen and oxygen atoms in total. The molecule has 4 N–H and O–H groups in total. The van der Waals surface area contributed by atoms with Crippen molar-refractivity contribution in [2.24, 2.45) is 0 Å². The Morgan fingerprint density at radius 2 is 1.79 bits per heavy atom. The first-order valence-corrected chi connectivity index (χ1v) is 14.6. The predicted molar refractivity (Wildman–Crippen MR) is 129 cm³/mol. The van der Waals surface area contributed by atoms with Crippen LogP contribution >= 0.6 is 11.8 Å². The molecule has 212 valence electrons. The topological polar surface area (TPSA) is 215 Å². The highest BCUT2D eigenvalue weighted by Gasteiger charge is 2.58. The molecule has 0 aromatic carbocycles. The molecular weight excluding hydrogens is 548 g/mol. The van der Waals surface area contributed by atoms with Crippen LogP contribution in [0.25, 0.3) is 0 Å². The van der Waals surface area contributed by atoms with Crippen molar-refractivity contribution in [2.75, 3.05) is 5.75 Å². The molecule has 5 amide bonds. The van der Waals surface area contributed by atoms with Crippen LogP contribution in [0.5, 0.6) is 0 Å². The second-order valence-electron chi connectivity index (χ2n) is 9.17. The molecule has 3 rings (SSSR count). The van der Waals surface area contributed by atoms with E-state index in [9.17, 15) is 37.2 Å². The summed E-state index contributed by atoms with van der Waals surface area (Å²) in [6.45, 7) is 1.98. The molecule has 3 aliphatic heterocycles. The standard InChI is InChI=1S/C21H30N4O11S2/c1-2-3-4-7-15(27)35-24-19(30)21(17-12(11-37-21)22-20(31)23-17)9-6-5-8-16(28)36-25-14(26)10-13(18(25)29)38(32,33)34/h12-13,17H,2-11H2,1H3,(H,24,30)(H2,22,23,31)(H,32,33,34)/t12-,13?,17-,21-/m0/s1. The number of thioether (sulfide) groups is 1. The summed E-state index contributed by atoms with van der Waals surface area (Å²) in [5.41, 5.74) is 2.21. The quantitative estimate of drug-likeness (QED) is 0.0773. The second-order valence-corrected chi connectivity index (χ2v) is 12.1. The summed E-state index contributed by atoms with van der Waals surface area (Å²) < 4.78 is 30.3. The molecular formula is C21H30N4O11S2. The van der Waals surface area contributed by atoms with Gasteiger partial charge in [0, 0.05) is 18.6 Å². The Bertz CT molecular complexity index is 1100. The molecule has 3 saturated heterocycles.